The lowest BCUT2D eigenvalue weighted by atomic mass is 10.1. The molecule has 1 aromatic heterocycles. The standard InChI is InChI=1S/C25H28N4O3/c1-16(2)12-24(31)27-19-10-11-23(30)20(13-19)21-14-22(18-8-9-18)29(28-21)25(32)26-15-17-6-4-3-5-7-17/h3-7,10-11,13-14,16,18,30H,8-9,12,15H2,1-2H3,(H,26,32)(H,27,31). The molecule has 0 atom stereocenters. The van der Waals surface area contributed by atoms with Crippen LogP contribution in [0.2, 0.25) is 0 Å². The number of aromatic hydroxyl groups is 1. The van der Waals surface area contributed by atoms with Crippen molar-refractivity contribution in [2.24, 2.45) is 5.92 Å². The molecule has 2 aromatic carbocycles. The van der Waals surface area contributed by atoms with Crippen LogP contribution in [0.1, 0.15) is 50.3 Å². The molecule has 166 valence electrons. The van der Waals surface area contributed by atoms with Gasteiger partial charge in [-0.3, -0.25) is 4.79 Å². The lowest BCUT2D eigenvalue weighted by Gasteiger charge is -2.09. The zero-order valence-electron chi connectivity index (χ0n) is 18.3. The number of aromatic nitrogens is 2. The first-order chi connectivity index (χ1) is 15.4. The third-order valence-electron chi connectivity index (χ3n) is 5.36. The average Bonchev–Trinajstić information content (AvgIpc) is 3.52. The normalized spacial score (nSPS) is 13.2. The summed E-state index contributed by atoms with van der Waals surface area (Å²) in [5.41, 5.74) is 3.39. The Morgan fingerprint density at radius 2 is 1.88 bits per heavy atom. The van der Waals surface area contributed by atoms with Crippen LogP contribution in [0.3, 0.4) is 0 Å². The Labute approximate surface area is 187 Å². The second kappa shape index (κ2) is 9.26. The molecule has 7 nitrogen and oxygen atoms in total. The summed E-state index contributed by atoms with van der Waals surface area (Å²) >= 11 is 0. The molecule has 0 aliphatic heterocycles. The van der Waals surface area contributed by atoms with Crippen molar-refractivity contribution in [1.29, 1.82) is 0 Å². The fourth-order valence-electron chi connectivity index (χ4n) is 3.61. The Morgan fingerprint density at radius 3 is 2.56 bits per heavy atom. The summed E-state index contributed by atoms with van der Waals surface area (Å²) in [7, 11) is 0. The van der Waals surface area contributed by atoms with E-state index in [9.17, 15) is 14.7 Å². The number of hydrogen-bond donors (Lipinski definition) is 3. The van der Waals surface area contributed by atoms with Gasteiger partial charge in [0.1, 0.15) is 5.75 Å². The van der Waals surface area contributed by atoms with Crippen LogP contribution in [0.15, 0.2) is 54.6 Å². The summed E-state index contributed by atoms with van der Waals surface area (Å²) in [5.74, 6) is 0.497. The number of rotatable bonds is 7. The molecule has 0 radical (unpaired) electrons. The van der Waals surface area contributed by atoms with E-state index < -0.39 is 0 Å². The summed E-state index contributed by atoms with van der Waals surface area (Å²) in [5, 5.41) is 20.7. The van der Waals surface area contributed by atoms with Crippen LogP contribution in [0.5, 0.6) is 5.75 Å². The molecule has 3 aromatic rings. The number of carbonyl (C=O) groups is 2. The van der Waals surface area contributed by atoms with Crippen molar-refractivity contribution in [1.82, 2.24) is 15.1 Å². The van der Waals surface area contributed by atoms with E-state index in [2.05, 4.69) is 15.7 Å². The highest BCUT2D eigenvalue weighted by Gasteiger charge is 2.30. The highest BCUT2D eigenvalue weighted by Crippen LogP contribution is 2.42. The zero-order chi connectivity index (χ0) is 22.7. The second-order valence-corrected chi connectivity index (χ2v) is 8.66. The first-order valence-electron chi connectivity index (χ1n) is 11.0. The van der Waals surface area contributed by atoms with Gasteiger partial charge in [0.2, 0.25) is 5.91 Å². The van der Waals surface area contributed by atoms with Crippen LogP contribution in [-0.4, -0.2) is 26.8 Å². The van der Waals surface area contributed by atoms with Crippen molar-refractivity contribution in [2.45, 2.75) is 45.6 Å². The lowest BCUT2D eigenvalue weighted by Crippen LogP contribution is -2.30. The van der Waals surface area contributed by atoms with Crippen LogP contribution in [0.25, 0.3) is 11.3 Å². The van der Waals surface area contributed by atoms with Crippen LogP contribution in [-0.2, 0) is 11.3 Å². The topological polar surface area (TPSA) is 96.2 Å². The molecular weight excluding hydrogens is 404 g/mol. The van der Waals surface area contributed by atoms with Gasteiger partial charge in [0.05, 0.1) is 11.4 Å². The summed E-state index contributed by atoms with van der Waals surface area (Å²) in [4.78, 5) is 25.0. The van der Waals surface area contributed by atoms with Gasteiger partial charge in [0.25, 0.3) is 0 Å². The monoisotopic (exact) mass is 432 g/mol. The van der Waals surface area contributed by atoms with Crippen molar-refractivity contribution >= 4 is 17.6 Å². The van der Waals surface area contributed by atoms with E-state index in [1.54, 1.807) is 12.1 Å². The molecular formula is C25H28N4O3. The molecule has 2 amide bonds. The smallest absolute Gasteiger partial charge is 0.342 e. The number of nitrogens with zero attached hydrogens (tertiary/aromatic N) is 2. The van der Waals surface area contributed by atoms with Gasteiger partial charge in [-0.05, 0) is 48.6 Å². The highest BCUT2D eigenvalue weighted by molar-refractivity contribution is 5.92. The van der Waals surface area contributed by atoms with E-state index in [0.717, 1.165) is 24.1 Å². The van der Waals surface area contributed by atoms with Gasteiger partial charge in [-0.1, -0.05) is 44.2 Å². The Kier molecular flexibility index (Phi) is 6.25. The number of phenols is 1. The SMILES string of the molecule is CC(C)CC(=O)Nc1ccc(O)c(-c2cc(C3CC3)n(C(=O)NCc3ccccc3)n2)c1. The van der Waals surface area contributed by atoms with E-state index in [4.69, 9.17) is 0 Å². The Morgan fingerprint density at radius 1 is 1.12 bits per heavy atom. The van der Waals surface area contributed by atoms with E-state index in [0.29, 0.717) is 29.9 Å². The number of phenolic OH excluding ortho intramolecular Hbond substituents is 1. The van der Waals surface area contributed by atoms with Crippen LogP contribution in [0, 0.1) is 5.92 Å². The number of hydrogen-bond acceptors (Lipinski definition) is 4. The molecule has 0 saturated heterocycles. The minimum atomic E-state index is -0.303. The van der Waals surface area contributed by atoms with Gasteiger partial charge in [0.15, 0.2) is 0 Å². The molecule has 3 N–H and O–H groups in total. The summed E-state index contributed by atoms with van der Waals surface area (Å²) in [6.07, 6.45) is 2.43. The number of amides is 2. The number of benzene rings is 2. The number of nitrogens with one attached hydrogen (secondary N) is 2. The summed E-state index contributed by atoms with van der Waals surface area (Å²) in [6, 6.07) is 16.1. The fraction of sp³-hybridized carbons (Fsp3) is 0.320. The van der Waals surface area contributed by atoms with Crippen molar-refractivity contribution < 1.29 is 14.7 Å². The lowest BCUT2D eigenvalue weighted by molar-refractivity contribution is -0.116. The molecule has 32 heavy (non-hydrogen) atoms. The molecule has 0 unspecified atom stereocenters. The molecule has 7 heteroatoms. The average molecular weight is 433 g/mol. The van der Waals surface area contributed by atoms with E-state index >= 15 is 0 Å². The van der Waals surface area contributed by atoms with Gasteiger partial charge >= 0.3 is 6.03 Å². The quantitative estimate of drug-likeness (QED) is 0.464. The minimum Gasteiger partial charge on any atom is -0.507 e. The number of anilines is 1. The summed E-state index contributed by atoms with van der Waals surface area (Å²) in [6.45, 7) is 4.37. The van der Waals surface area contributed by atoms with Gasteiger partial charge in [-0.2, -0.15) is 9.78 Å². The van der Waals surface area contributed by atoms with Crippen LogP contribution in [0.4, 0.5) is 10.5 Å². The van der Waals surface area contributed by atoms with Crippen molar-refractivity contribution in [3.63, 3.8) is 0 Å². The molecule has 4 rings (SSSR count). The van der Waals surface area contributed by atoms with Crippen molar-refractivity contribution in [3.05, 3.63) is 65.9 Å². The molecule has 1 heterocycles. The Bertz CT molecular complexity index is 1120. The van der Waals surface area contributed by atoms with Crippen molar-refractivity contribution in [3.8, 4) is 17.0 Å². The third kappa shape index (κ3) is 5.17. The maximum absolute atomic E-state index is 12.9. The first-order valence-corrected chi connectivity index (χ1v) is 11.0. The van der Waals surface area contributed by atoms with Gasteiger partial charge in [0, 0.05) is 30.1 Å². The first kappa shape index (κ1) is 21.6. The van der Waals surface area contributed by atoms with E-state index in [1.165, 1.54) is 10.7 Å². The van der Waals surface area contributed by atoms with E-state index in [1.807, 2.05) is 50.2 Å². The molecule has 1 aliphatic carbocycles. The Balaban J connectivity index is 1.57. The minimum absolute atomic E-state index is 0.0450. The maximum atomic E-state index is 12.9. The zero-order valence-corrected chi connectivity index (χ0v) is 18.3. The van der Waals surface area contributed by atoms with Gasteiger partial charge in [-0.25, -0.2) is 4.79 Å². The Hall–Kier alpha value is -3.61. The fourth-order valence-corrected chi connectivity index (χ4v) is 3.61. The van der Waals surface area contributed by atoms with E-state index in [-0.39, 0.29) is 29.5 Å². The third-order valence-corrected chi connectivity index (χ3v) is 5.36. The largest absolute Gasteiger partial charge is 0.507 e. The van der Waals surface area contributed by atoms with Crippen molar-refractivity contribution in [2.75, 3.05) is 5.32 Å². The van der Waals surface area contributed by atoms with Gasteiger partial charge in [-0.15, -0.1) is 0 Å². The maximum Gasteiger partial charge on any atom is 0.342 e. The molecule has 1 aliphatic rings. The van der Waals surface area contributed by atoms with Gasteiger partial charge < -0.3 is 15.7 Å². The highest BCUT2D eigenvalue weighted by atomic mass is 16.3. The van der Waals surface area contributed by atoms with Crippen LogP contribution < -0.4 is 10.6 Å². The molecule has 1 saturated carbocycles. The number of carbonyl (C=O) groups excluding carboxylic acids is 2. The summed E-state index contributed by atoms with van der Waals surface area (Å²) < 4.78 is 1.40. The molecule has 1 fully saturated rings. The predicted molar refractivity (Wildman–Crippen MR) is 123 cm³/mol. The molecule has 0 bridgehead atoms. The predicted octanol–water partition coefficient (Wildman–Crippen LogP) is 4.88. The van der Waals surface area contributed by atoms with Crippen LogP contribution >= 0.6 is 0 Å². The second-order valence-electron chi connectivity index (χ2n) is 8.66. The molecule has 0 spiro atoms.